The highest BCUT2D eigenvalue weighted by molar-refractivity contribution is 8.22. The number of nitrogens with zero attached hydrogens (tertiary/aromatic N) is 2. The van der Waals surface area contributed by atoms with Crippen LogP contribution in [0.15, 0.2) is 35.3 Å². The molecule has 0 bridgehead atoms. The Morgan fingerprint density at radius 3 is 2.55 bits per heavy atom. The molecule has 108 valence electrons. The van der Waals surface area contributed by atoms with E-state index in [9.17, 15) is 4.79 Å². The van der Waals surface area contributed by atoms with Gasteiger partial charge in [0.1, 0.15) is 0 Å². The van der Waals surface area contributed by atoms with Crippen LogP contribution in [0.2, 0.25) is 0 Å². The molecule has 0 aromatic heterocycles. The topological polar surface area (TPSA) is 41.9 Å². The van der Waals surface area contributed by atoms with Gasteiger partial charge in [0.2, 0.25) is 5.84 Å². The van der Waals surface area contributed by atoms with E-state index in [2.05, 4.69) is 4.99 Å². The molecule has 0 N–H and O–H groups in total. The van der Waals surface area contributed by atoms with Crippen molar-refractivity contribution in [3.8, 4) is 0 Å². The molecule has 0 aliphatic heterocycles. The maximum absolute atomic E-state index is 11.7. The molecule has 0 aliphatic rings. The Balaban J connectivity index is 2.64. The van der Waals surface area contributed by atoms with Crippen molar-refractivity contribution >= 4 is 40.1 Å². The summed E-state index contributed by atoms with van der Waals surface area (Å²) in [6, 6.07) is 9.97. The minimum Gasteiger partial charge on any atom is -0.460 e. The second kappa shape index (κ2) is 8.71. The van der Waals surface area contributed by atoms with Crippen molar-refractivity contribution in [1.82, 2.24) is 4.90 Å². The molecule has 20 heavy (non-hydrogen) atoms. The van der Waals surface area contributed by atoms with Crippen LogP contribution in [0.1, 0.15) is 12.5 Å². The van der Waals surface area contributed by atoms with Crippen LogP contribution in [0.25, 0.3) is 0 Å². The minimum absolute atomic E-state index is 0.220. The third kappa shape index (κ3) is 5.71. The zero-order valence-electron chi connectivity index (χ0n) is 11.8. The van der Waals surface area contributed by atoms with Gasteiger partial charge in [-0.3, -0.25) is 0 Å². The number of ether oxygens (including phenoxy) is 1. The lowest BCUT2D eigenvalue weighted by molar-refractivity contribution is -0.135. The summed E-state index contributed by atoms with van der Waals surface area (Å²) in [6.07, 6.45) is 0. The van der Waals surface area contributed by atoms with E-state index in [1.165, 1.54) is 11.8 Å². The second-order valence-corrected chi connectivity index (χ2v) is 5.70. The third-order valence-electron chi connectivity index (χ3n) is 2.28. The van der Waals surface area contributed by atoms with Gasteiger partial charge >= 0.3 is 5.97 Å². The van der Waals surface area contributed by atoms with Gasteiger partial charge < -0.3 is 9.64 Å². The lowest BCUT2D eigenvalue weighted by Crippen LogP contribution is -2.32. The number of amidine groups is 1. The number of esters is 1. The van der Waals surface area contributed by atoms with E-state index < -0.39 is 5.97 Å². The molecule has 4 nitrogen and oxygen atoms in total. The van der Waals surface area contributed by atoms with Crippen LogP contribution in [0.4, 0.5) is 0 Å². The number of aliphatic imine (C=N–C) groups is 1. The summed E-state index contributed by atoms with van der Waals surface area (Å²) in [7, 11) is 3.47. The van der Waals surface area contributed by atoms with Crippen LogP contribution >= 0.6 is 24.0 Å². The number of hydrogen-bond acceptors (Lipinski definition) is 4. The Labute approximate surface area is 129 Å². The summed E-state index contributed by atoms with van der Waals surface area (Å²) in [4.78, 5) is 17.5. The summed E-state index contributed by atoms with van der Waals surface area (Å²) < 4.78 is 5.37. The summed E-state index contributed by atoms with van der Waals surface area (Å²) in [6.45, 7) is 2.07. The minimum atomic E-state index is -0.458. The molecule has 1 rings (SSSR count). The highest BCUT2D eigenvalue weighted by Crippen LogP contribution is 2.15. The number of rotatable bonds is 3. The summed E-state index contributed by atoms with van der Waals surface area (Å²) in [5.74, 6) is 0.491. The Morgan fingerprint density at radius 2 is 2.00 bits per heavy atom. The maximum Gasteiger partial charge on any atom is 0.374 e. The molecule has 1 aromatic rings. The number of hydrogen-bond donors (Lipinski definition) is 0. The summed E-state index contributed by atoms with van der Waals surface area (Å²) >= 11 is 6.61. The van der Waals surface area contributed by atoms with Crippen LogP contribution < -0.4 is 0 Å². The fraction of sp³-hybridized carbons (Fsp3) is 0.357. The zero-order chi connectivity index (χ0) is 15.0. The van der Waals surface area contributed by atoms with Crippen molar-refractivity contribution in [2.45, 2.75) is 12.7 Å². The zero-order valence-corrected chi connectivity index (χ0v) is 13.5. The third-order valence-corrected chi connectivity index (χ3v) is 3.54. The number of carbonyl (C=O) groups excluding carboxylic acids is 1. The predicted octanol–water partition coefficient (Wildman–Crippen LogP) is 2.73. The Morgan fingerprint density at radius 1 is 1.35 bits per heavy atom. The first-order valence-corrected chi connectivity index (χ1v) is 7.57. The molecule has 0 unspecified atom stereocenters. The monoisotopic (exact) mass is 310 g/mol. The number of likely N-dealkylation sites (N-methyl/N-ethyl adjacent to an activating group) is 1. The van der Waals surface area contributed by atoms with Gasteiger partial charge in [-0.2, -0.15) is 0 Å². The molecule has 0 heterocycles. The fourth-order valence-electron chi connectivity index (χ4n) is 1.36. The van der Waals surface area contributed by atoms with Gasteiger partial charge in [-0.05, 0) is 12.5 Å². The smallest absolute Gasteiger partial charge is 0.374 e. The number of thioether (sulfide) groups is 1. The predicted molar refractivity (Wildman–Crippen MR) is 88.1 cm³/mol. The molecular weight excluding hydrogens is 292 g/mol. The first kappa shape index (κ1) is 16.7. The molecule has 6 heteroatoms. The lowest BCUT2D eigenvalue weighted by atomic mass is 10.2. The Hall–Kier alpha value is -1.40. The number of thiocarbonyl (C=S) groups is 1. The lowest BCUT2D eigenvalue weighted by Gasteiger charge is -2.14. The molecule has 0 radical (unpaired) electrons. The van der Waals surface area contributed by atoms with Crippen LogP contribution in [0, 0.1) is 0 Å². The first-order chi connectivity index (χ1) is 9.54. The maximum atomic E-state index is 11.7. The Bertz CT molecular complexity index is 487. The molecule has 0 saturated heterocycles. The number of carbonyl (C=O) groups is 1. The van der Waals surface area contributed by atoms with Crippen LogP contribution in [-0.2, 0) is 15.3 Å². The fourth-order valence-corrected chi connectivity index (χ4v) is 2.26. The molecule has 0 aliphatic carbocycles. The molecule has 0 spiro atoms. The van der Waals surface area contributed by atoms with E-state index in [-0.39, 0.29) is 5.84 Å². The van der Waals surface area contributed by atoms with Crippen molar-refractivity contribution in [3.63, 3.8) is 0 Å². The van der Waals surface area contributed by atoms with Crippen molar-refractivity contribution in [1.29, 1.82) is 0 Å². The summed E-state index contributed by atoms with van der Waals surface area (Å²) in [5.41, 5.74) is 1.16. The standard InChI is InChI=1S/C14H18N2O2S2/c1-4-18-13(17)12(16(2)3)15-14(19)20-10-11-8-6-5-7-9-11/h5-9H,4,10H2,1-3H3/b15-12-. The SMILES string of the molecule is CCOC(=O)/C(=N/C(=S)SCc1ccccc1)N(C)C. The van der Waals surface area contributed by atoms with Crippen molar-refractivity contribution in [3.05, 3.63) is 35.9 Å². The van der Waals surface area contributed by atoms with Crippen LogP contribution in [-0.4, -0.2) is 41.7 Å². The van der Waals surface area contributed by atoms with E-state index in [4.69, 9.17) is 17.0 Å². The van der Waals surface area contributed by atoms with E-state index in [0.29, 0.717) is 10.9 Å². The quantitative estimate of drug-likeness (QED) is 0.372. The van der Waals surface area contributed by atoms with E-state index in [0.717, 1.165) is 11.3 Å². The first-order valence-electron chi connectivity index (χ1n) is 6.18. The molecule has 0 fully saturated rings. The van der Waals surface area contributed by atoms with Crippen LogP contribution in [0.3, 0.4) is 0 Å². The van der Waals surface area contributed by atoms with E-state index in [1.54, 1.807) is 25.9 Å². The summed E-state index contributed by atoms with van der Waals surface area (Å²) in [5, 5.41) is 0. The van der Waals surface area contributed by atoms with Crippen LogP contribution in [0.5, 0.6) is 0 Å². The highest BCUT2D eigenvalue weighted by Gasteiger charge is 2.15. The Kier molecular flexibility index (Phi) is 7.25. The molecular formula is C14H18N2O2S2. The average Bonchev–Trinajstić information content (AvgIpc) is 2.43. The largest absolute Gasteiger partial charge is 0.460 e. The van der Waals surface area contributed by atoms with E-state index >= 15 is 0 Å². The van der Waals surface area contributed by atoms with Crippen molar-refractivity contribution < 1.29 is 9.53 Å². The van der Waals surface area contributed by atoms with Gasteiger partial charge in [0.05, 0.1) is 6.61 Å². The number of benzene rings is 1. The van der Waals surface area contributed by atoms with Gasteiger partial charge in [-0.25, -0.2) is 9.79 Å². The van der Waals surface area contributed by atoms with Gasteiger partial charge in [0.25, 0.3) is 0 Å². The van der Waals surface area contributed by atoms with Gasteiger partial charge in [-0.1, -0.05) is 54.3 Å². The molecule has 0 atom stereocenters. The average molecular weight is 310 g/mol. The molecule has 0 amide bonds. The molecule has 1 aromatic carbocycles. The van der Waals surface area contributed by atoms with Crippen molar-refractivity contribution in [2.24, 2.45) is 4.99 Å². The normalized spacial score (nSPS) is 11.1. The van der Waals surface area contributed by atoms with Crippen molar-refractivity contribution in [2.75, 3.05) is 20.7 Å². The second-order valence-electron chi connectivity index (χ2n) is 4.09. The van der Waals surface area contributed by atoms with Gasteiger partial charge in [0.15, 0.2) is 4.32 Å². The highest BCUT2D eigenvalue weighted by atomic mass is 32.2. The van der Waals surface area contributed by atoms with Gasteiger partial charge in [0, 0.05) is 19.8 Å². The van der Waals surface area contributed by atoms with E-state index in [1.807, 2.05) is 30.3 Å². The molecule has 0 saturated carbocycles. The van der Waals surface area contributed by atoms with Gasteiger partial charge in [-0.15, -0.1) is 0 Å².